The third-order valence-electron chi connectivity index (χ3n) is 1.69. The molecule has 1 heterocycles. The molecule has 0 radical (unpaired) electrons. The first-order valence-electron chi connectivity index (χ1n) is 3.64. The quantitative estimate of drug-likeness (QED) is 0.429. The number of likely N-dealkylation sites (N-methyl/N-ethyl adjacent to an activating group) is 1. The van der Waals surface area contributed by atoms with E-state index in [2.05, 4.69) is 10.6 Å². The number of nitrogens with one attached hydrogen (secondary N) is 2. The second-order valence-electron chi connectivity index (χ2n) is 2.63. The van der Waals surface area contributed by atoms with Gasteiger partial charge in [-0.25, -0.2) is 4.79 Å². The average molecular weight is 172 g/mol. The minimum absolute atomic E-state index is 0.122. The highest BCUT2D eigenvalue weighted by atomic mass is 16.2. The standard InChI is InChI=1S/C6H12N4O2/c1-10-3-8-6(12)9-4(2-7)5(10)11/h4H,2-3,7H2,1H3,(H2,8,9,12)/t4-/m0/s1. The van der Waals surface area contributed by atoms with Gasteiger partial charge in [-0.2, -0.15) is 0 Å². The number of hydrogen-bond acceptors (Lipinski definition) is 3. The fraction of sp³-hybridized carbons (Fsp3) is 0.667. The van der Waals surface area contributed by atoms with Crippen molar-refractivity contribution >= 4 is 11.9 Å². The Morgan fingerprint density at radius 2 is 2.33 bits per heavy atom. The van der Waals surface area contributed by atoms with E-state index in [0.717, 1.165) is 0 Å². The van der Waals surface area contributed by atoms with E-state index in [9.17, 15) is 9.59 Å². The van der Waals surface area contributed by atoms with Gasteiger partial charge < -0.3 is 21.3 Å². The molecule has 0 aromatic rings. The minimum atomic E-state index is -0.600. The topological polar surface area (TPSA) is 87.5 Å². The summed E-state index contributed by atoms with van der Waals surface area (Å²) >= 11 is 0. The van der Waals surface area contributed by atoms with Crippen LogP contribution in [0.1, 0.15) is 0 Å². The maximum absolute atomic E-state index is 11.3. The molecule has 0 saturated carbocycles. The summed E-state index contributed by atoms with van der Waals surface area (Å²) in [6.45, 7) is 0.345. The predicted octanol–water partition coefficient (Wildman–Crippen LogP) is -1.96. The van der Waals surface area contributed by atoms with Crippen molar-refractivity contribution in [3.8, 4) is 0 Å². The van der Waals surface area contributed by atoms with Gasteiger partial charge in [0.25, 0.3) is 0 Å². The summed E-state index contributed by atoms with van der Waals surface area (Å²) in [5.74, 6) is -0.171. The van der Waals surface area contributed by atoms with Gasteiger partial charge in [-0.3, -0.25) is 4.79 Å². The third kappa shape index (κ3) is 1.65. The molecule has 0 aliphatic carbocycles. The summed E-state index contributed by atoms with van der Waals surface area (Å²) in [6, 6.07) is -0.958. The Kier molecular flexibility index (Phi) is 2.49. The van der Waals surface area contributed by atoms with Crippen LogP contribution >= 0.6 is 0 Å². The molecule has 12 heavy (non-hydrogen) atoms. The van der Waals surface area contributed by atoms with Gasteiger partial charge >= 0.3 is 6.03 Å². The number of urea groups is 1. The van der Waals surface area contributed by atoms with Gasteiger partial charge in [-0.1, -0.05) is 0 Å². The van der Waals surface area contributed by atoms with Gasteiger partial charge in [0.15, 0.2) is 0 Å². The molecule has 68 valence electrons. The van der Waals surface area contributed by atoms with E-state index in [1.807, 2.05) is 0 Å². The fourth-order valence-corrected chi connectivity index (χ4v) is 0.965. The van der Waals surface area contributed by atoms with Crippen molar-refractivity contribution in [2.45, 2.75) is 6.04 Å². The molecule has 0 spiro atoms. The Morgan fingerprint density at radius 3 is 2.92 bits per heavy atom. The molecule has 0 aromatic carbocycles. The van der Waals surface area contributed by atoms with Crippen molar-refractivity contribution in [3.05, 3.63) is 0 Å². The monoisotopic (exact) mass is 172 g/mol. The highest BCUT2D eigenvalue weighted by molar-refractivity contribution is 5.89. The van der Waals surface area contributed by atoms with Crippen molar-refractivity contribution in [2.24, 2.45) is 5.73 Å². The van der Waals surface area contributed by atoms with E-state index in [-0.39, 0.29) is 25.2 Å². The van der Waals surface area contributed by atoms with Crippen molar-refractivity contribution in [1.82, 2.24) is 15.5 Å². The minimum Gasteiger partial charge on any atom is -0.328 e. The Hall–Kier alpha value is -1.30. The second-order valence-corrected chi connectivity index (χ2v) is 2.63. The fourth-order valence-electron chi connectivity index (χ4n) is 0.965. The van der Waals surface area contributed by atoms with Crippen molar-refractivity contribution in [2.75, 3.05) is 20.3 Å². The van der Waals surface area contributed by atoms with Crippen molar-refractivity contribution in [1.29, 1.82) is 0 Å². The van der Waals surface area contributed by atoms with Crippen molar-refractivity contribution in [3.63, 3.8) is 0 Å². The highest BCUT2D eigenvalue weighted by Gasteiger charge is 2.25. The molecule has 3 amide bonds. The number of carbonyl (C=O) groups is 2. The van der Waals surface area contributed by atoms with Gasteiger partial charge in [-0.15, -0.1) is 0 Å². The lowest BCUT2D eigenvalue weighted by Gasteiger charge is -2.16. The Labute approximate surface area is 70.1 Å². The molecule has 0 bridgehead atoms. The summed E-state index contributed by atoms with van der Waals surface area (Å²) in [7, 11) is 1.61. The van der Waals surface area contributed by atoms with E-state index < -0.39 is 6.04 Å². The molecule has 6 heteroatoms. The lowest BCUT2D eigenvalue weighted by Crippen LogP contribution is -2.48. The number of rotatable bonds is 1. The van der Waals surface area contributed by atoms with E-state index in [1.165, 1.54) is 4.90 Å². The molecule has 1 saturated heterocycles. The second kappa shape index (κ2) is 3.40. The van der Waals surface area contributed by atoms with E-state index in [4.69, 9.17) is 5.73 Å². The molecule has 6 nitrogen and oxygen atoms in total. The number of nitrogens with two attached hydrogens (primary N) is 1. The normalized spacial score (nSPS) is 24.5. The summed E-state index contributed by atoms with van der Waals surface area (Å²) in [5, 5.41) is 4.93. The van der Waals surface area contributed by atoms with Gasteiger partial charge in [0, 0.05) is 13.6 Å². The zero-order valence-corrected chi connectivity index (χ0v) is 6.83. The Balaban J connectivity index is 2.71. The van der Waals surface area contributed by atoms with E-state index in [1.54, 1.807) is 7.05 Å². The van der Waals surface area contributed by atoms with Crippen LogP contribution in [-0.4, -0.2) is 43.1 Å². The first kappa shape index (κ1) is 8.79. The van der Waals surface area contributed by atoms with Crippen LogP contribution in [0.2, 0.25) is 0 Å². The first-order chi connectivity index (χ1) is 5.65. The molecular formula is C6H12N4O2. The van der Waals surface area contributed by atoms with Crippen LogP contribution in [0.15, 0.2) is 0 Å². The number of amides is 3. The zero-order valence-electron chi connectivity index (χ0n) is 6.83. The molecule has 1 fully saturated rings. The molecule has 1 atom stereocenters. The lowest BCUT2D eigenvalue weighted by molar-refractivity contribution is -0.131. The Bertz CT molecular complexity index is 206. The van der Waals surface area contributed by atoms with Crippen LogP contribution < -0.4 is 16.4 Å². The van der Waals surface area contributed by atoms with Crippen LogP contribution in [0.5, 0.6) is 0 Å². The maximum Gasteiger partial charge on any atom is 0.316 e. The van der Waals surface area contributed by atoms with Crippen LogP contribution in [0.25, 0.3) is 0 Å². The average Bonchev–Trinajstić information content (AvgIpc) is 2.18. The molecule has 0 aromatic heterocycles. The van der Waals surface area contributed by atoms with E-state index in [0.29, 0.717) is 0 Å². The van der Waals surface area contributed by atoms with Crippen LogP contribution in [-0.2, 0) is 4.79 Å². The predicted molar refractivity (Wildman–Crippen MR) is 42.1 cm³/mol. The van der Waals surface area contributed by atoms with Crippen molar-refractivity contribution < 1.29 is 9.59 Å². The smallest absolute Gasteiger partial charge is 0.316 e. The van der Waals surface area contributed by atoms with Gasteiger partial charge in [0.2, 0.25) is 5.91 Å². The first-order valence-corrected chi connectivity index (χ1v) is 3.64. The van der Waals surface area contributed by atoms with Gasteiger partial charge in [-0.05, 0) is 0 Å². The van der Waals surface area contributed by atoms with E-state index >= 15 is 0 Å². The number of carbonyl (C=O) groups excluding carboxylic acids is 2. The molecule has 1 aliphatic heterocycles. The summed E-state index contributed by atoms with van der Waals surface area (Å²) in [4.78, 5) is 23.6. The summed E-state index contributed by atoms with van der Waals surface area (Å²) in [5.41, 5.74) is 5.30. The van der Waals surface area contributed by atoms with Crippen LogP contribution in [0, 0.1) is 0 Å². The largest absolute Gasteiger partial charge is 0.328 e. The third-order valence-corrected chi connectivity index (χ3v) is 1.69. The lowest BCUT2D eigenvalue weighted by atomic mass is 10.3. The SMILES string of the molecule is CN1CNC(=O)N[C@@H](CN)C1=O. The Morgan fingerprint density at radius 1 is 1.67 bits per heavy atom. The number of nitrogens with zero attached hydrogens (tertiary/aromatic N) is 1. The van der Waals surface area contributed by atoms with Gasteiger partial charge in [0.05, 0.1) is 6.67 Å². The zero-order chi connectivity index (χ0) is 9.14. The maximum atomic E-state index is 11.3. The summed E-state index contributed by atoms with van der Waals surface area (Å²) in [6.07, 6.45) is 0. The summed E-state index contributed by atoms with van der Waals surface area (Å²) < 4.78 is 0. The molecule has 1 aliphatic rings. The molecule has 0 unspecified atom stereocenters. The van der Waals surface area contributed by atoms with Crippen LogP contribution in [0.4, 0.5) is 4.79 Å². The van der Waals surface area contributed by atoms with Gasteiger partial charge in [0.1, 0.15) is 6.04 Å². The molecule has 1 rings (SSSR count). The number of hydrogen-bond donors (Lipinski definition) is 3. The highest BCUT2D eigenvalue weighted by Crippen LogP contribution is 1.93. The van der Waals surface area contributed by atoms with Crippen LogP contribution in [0.3, 0.4) is 0 Å². The molecule has 4 N–H and O–H groups in total. The molecular weight excluding hydrogens is 160 g/mol.